The van der Waals surface area contributed by atoms with E-state index in [0.717, 1.165) is 18.6 Å². The minimum Gasteiger partial charge on any atom is -0.504 e. The minimum atomic E-state index is -0.607. The molecule has 184 valence electrons. The molecule has 0 saturated carbocycles. The molecule has 1 aromatic heterocycles. The zero-order valence-corrected chi connectivity index (χ0v) is 21.4. The van der Waals surface area contributed by atoms with Crippen molar-refractivity contribution in [3.63, 3.8) is 0 Å². The van der Waals surface area contributed by atoms with Crippen molar-refractivity contribution in [2.45, 2.75) is 116 Å². The molecule has 0 atom stereocenters. The molecule has 0 unspecified atom stereocenters. The smallest absolute Gasteiger partial charge is 0.243 e. The fourth-order valence-electron chi connectivity index (χ4n) is 4.35. The van der Waals surface area contributed by atoms with Crippen LogP contribution in [0.4, 0.5) is 0 Å². The van der Waals surface area contributed by atoms with E-state index in [9.17, 15) is 14.7 Å². The lowest BCUT2D eigenvalue weighted by Crippen LogP contribution is -2.23. The van der Waals surface area contributed by atoms with E-state index in [-0.39, 0.29) is 21.9 Å². The van der Waals surface area contributed by atoms with Crippen LogP contribution >= 0.6 is 11.8 Å². The first-order chi connectivity index (χ1) is 16.2. The van der Waals surface area contributed by atoms with Gasteiger partial charge in [0.15, 0.2) is 5.76 Å². The summed E-state index contributed by atoms with van der Waals surface area (Å²) in [5.41, 5.74) is 0.425. The van der Waals surface area contributed by atoms with Gasteiger partial charge >= 0.3 is 0 Å². The van der Waals surface area contributed by atoms with Crippen LogP contribution in [0.3, 0.4) is 0 Å². The fraction of sp³-hybridized carbons (Fsp3) is 0.679. The zero-order valence-electron chi connectivity index (χ0n) is 20.6. The van der Waals surface area contributed by atoms with E-state index < -0.39 is 11.6 Å². The number of aromatic nitrogens is 1. The van der Waals surface area contributed by atoms with E-state index in [4.69, 9.17) is 0 Å². The number of rotatable bonds is 19. The summed E-state index contributed by atoms with van der Waals surface area (Å²) in [5, 5.41) is 10.4. The number of carbonyl (C=O) groups excluding carboxylic acids is 2. The van der Waals surface area contributed by atoms with Crippen LogP contribution in [0.15, 0.2) is 23.2 Å². The number of hydrogen-bond acceptors (Lipinski definition) is 5. The SMILES string of the molecule is CCCCCCCCCCCCCCCCCCCSC1=C(O)c2ncccc2C(=O)C1=O. The Morgan fingerprint density at radius 2 is 1.21 bits per heavy atom. The van der Waals surface area contributed by atoms with Crippen LogP contribution in [-0.4, -0.2) is 27.4 Å². The van der Waals surface area contributed by atoms with E-state index in [0.29, 0.717) is 0 Å². The summed E-state index contributed by atoms with van der Waals surface area (Å²) in [6, 6.07) is 3.14. The van der Waals surface area contributed by atoms with Crippen molar-refractivity contribution in [1.29, 1.82) is 0 Å². The summed E-state index contributed by atoms with van der Waals surface area (Å²) in [4.78, 5) is 28.7. The highest BCUT2D eigenvalue weighted by molar-refractivity contribution is 8.04. The van der Waals surface area contributed by atoms with Gasteiger partial charge in [0.2, 0.25) is 11.6 Å². The number of thioether (sulfide) groups is 1. The summed E-state index contributed by atoms with van der Waals surface area (Å²) in [6.07, 6.45) is 24.2. The Kier molecular flexibility index (Phi) is 14.2. The largest absolute Gasteiger partial charge is 0.504 e. The number of hydrogen-bond donors (Lipinski definition) is 1. The van der Waals surface area contributed by atoms with Crippen LogP contribution in [0, 0.1) is 0 Å². The third kappa shape index (κ3) is 10.0. The second-order valence-corrected chi connectivity index (χ2v) is 10.3. The summed E-state index contributed by atoms with van der Waals surface area (Å²) in [7, 11) is 0. The highest BCUT2D eigenvalue weighted by atomic mass is 32.2. The van der Waals surface area contributed by atoms with Gasteiger partial charge in [0, 0.05) is 6.20 Å². The van der Waals surface area contributed by atoms with Crippen molar-refractivity contribution in [1.82, 2.24) is 4.98 Å². The fourth-order valence-corrected chi connectivity index (χ4v) is 5.36. The lowest BCUT2D eigenvalue weighted by molar-refractivity contribution is -0.111. The van der Waals surface area contributed by atoms with Gasteiger partial charge in [-0.05, 0) is 24.3 Å². The quantitative estimate of drug-likeness (QED) is 0.161. The Labute approximate surface area is 205 Å². The number of unbranched alkanes of at least 4 members (excludes halogenated alkanes) is 16. The van der Waals surface area contributed by atoms with E-state index in [1.807, 2.05) is 0 Å². The van der Waals surface area contributed by atoms with Gasteiger partial charge in [-0.2, -0.15) is 0 Å². The molecule has 1 heterocycles. The van der Waals surface area contributed by atoms with Crippen molar-refractivity contribution >= 4 is 29.1 Å². The number of aliphatic hydroxyl groups is 1. The van der Waals surface area contributed by atoms with Gasteiger partial charge in [-0.25, -0.2) is 0 Å². The molecule has 0 spiro atoms. The second kappa shape index (κ2) is 16.9. The maximum Gasteiger partial charge on any atom is 0.243 e. The second-order valence-electron chi connectivity index (χ2n) is 9.24. The van der Waals surface area contributed by atoms with Crippen LogP contribution < -0.4 is 0 Å². The van der Waals surface area contributed by atoms with Crippen LogP contribution in [0.25, 0.3) is 5.76 Å². The minimum absolute atomic E-state index is 0.146. The van der Waals surface area contributed by atoms with E-state index in [2.05, 4.69) is 11.9 Å². The third-order valence-corrected chi connectivity index (χ3v) is 7.56. The first-order valence-corrected chi connectivity index (χ1v) is 14.3. The molecule has 1 aliphatic carbocycles. The molecule has 4 nitrogen and oxygen atoms in total. The van der Waals surface area contributed by atoms with Crippen LogP contribution in [0.2, 0.25) is 0 Å². The average molecular weight is 474 g/mol. The first-order valence-electron chi connectivity index (χ1n) is 13.3. The number of ketones is 2. The highest BCUT2D eigenvalue weighted by Gasteiger charge is 2.33. The molecular formula is C28H43NO3S. The van der Waals surface area contributed by atoms with Crippen molar-refractivity contribution in [3.05, 3.63) is 34.5 Å². The third-order valence-electron chi connectivity index (χ3n) is 6.40. The lowest BCUT2D eigenvalue weighted by Gasteiger charge is -2.16. The Bertz CT molecular complexity index is 759. The molecule has 2 rings (SSSR count). The van der Waals surface area contributed by atoms with Crippen molar-refractivity contribution in [2.75, 3.05) is 5.75 Å². The summed E-state index contributed by atoms with van der Waals surface area (Å²) >= 11 is 1.29. The van der Waals surface area contributed by atoms with Gasteiger partial charge in [-0.15, -0.1) is 11.8 Å². The molecule has 0 radical (unpaired) electrons. The number of nitrogens with zero attached hydrogens (tertiary/aromatic N) is 1. The Balaban J connectivity index is 1.43. The molecule has 0 fully saturated rings. The van der Waals surface area contributed by atoms with Crippen LogP contribution in [0.1, 0.15) is 132 Å². The lowest BCUT2D eigenvalue weighted by atomic mass is 9.98. The van der Waals surface area contributed by atoms with E-state index in [1.54, 1.807) is 6.07 Å². The number of pyridine rings is 1. The molecule has 5 heteroatoms. The number of Topliss-reactive ketones (excluding diaryl/α,β-unsaturated/α-hetero) is 2. The summed E-state index contributed by atoms with van der Waals surface area (Å²) < 4.78 is 0. The molecule has 0 aromatic carbocycles. The molecule has 0 bridgehead atoms. The normalized spacial score (nSPS) is 13.6. The topological polar surface area (TPSA) is 67.3 Å². The van der Waals surface area contributed by atoms with Gasteiger partial charge in [-0.3, -0.25) is 14.6 Å². The van der Waals surface area contributed by atoms with Gasteiger partial charge < -0.3 is 5.11 Å². The molecule has 0 saturated heterocycles. The van der Waals surface area contributed by atoms with Gasteiger partial charge in [0.05, 0.1) is 5.56 Å². The van der Waals surface area contributed by atoms with Crippen LogP contribution in [0.5, 0.6) is 0 Å². The average Bonchev–Trinajstić information content (AvgIpc) is 2.83. The molecule has 0 aliphatic heterocycles. The molecule has 0 amide bonds. The standard InChI is InChI=1S/C28H43NO3S/c1-2-3-4-5-6-7-8-9-10-11-12-13-14-15-16-17-18-22-33-28-26(31)24-23(20-19-21-29-24)25(30)27(28)32/h19-21,31H,2-18,22H2,1H3. The van der Waals surface area contributed by atoms with Crippen molar-refractivity contribution < 1.29 is 14.7 Å². The predicted molar refractivity (Wildman–Crippen MR) is 140 cm³/mol. The molecule has 1 aromatic rings. The summed E-state index contributed by atoms with van der Waals surface area (Å²) in [5.74, 6) is -0.586. The number of aliphatic hydroxyl groups excluding tert-OH is 1. The molecular weight excluding hydrogens is 430 g/mol. The highest BCUT2D eigenvalue weighted by Crippen LogP contribution is 2.33. The molecule has 1 aliphatic rings. The Morgan fingerprint density at radius 1 is 0.727 bits per heavy atom. The Hall–Kier alpha value is -1.62. The summed E-state index contributed by atoms with van der Waals surface area (Å²) in [6.45, 7) is 2.27. The van der Waals surface area contributed by atoms with Gasteiger partial charge in [0.25, 0.3) is 0 Å². The van der Waals surface area contributed by atoms with Crippen molar-refractivity contribution in [3.8, 4) is 0 Å². The van der Waals surface area contributed by atoms with Crippen LogP contribution in [-0.2, 0) is 4.79 Å². The van der Waals surface area contributed by atoms with E-state index >= 15 is 0 Å². The number of carbonyl (C=O) groups is 2. The maximum absolute atomic E-state index is 12.3. The molecule has 1 N–H and O–H groups in total. The monoisotopic (exact) mass is 473 g/mol. The van der Waals surface area contributed by atoms with Crippen molar-refractivity contribution in [2.24, 2.45) is 0 Å². The van der Waals surface area contributed by atoms with Gasteiger partial charge in [-0.1, -0.05) is 110 Å². The maximum atomic E-state index is 12.3. The zero-order chi connectivity index (χ0) is 23.7. The number of fused-ring (bicyclic) bond motifs is 1. The van der Waals surface area contributed by atoms with E-state index in [1.165, 1.54) is 120 Å². The predicted octanol–water partition coefficient (Wildman–Crippen LogP) is 8.46. The van der Waals surface area contributed by atoms with Gasteiger partial charge in [0.1, 0.15) is 10.6 Å². The number of allylic oxidation sites excluding steroid dienone is 1. The first kappa shape index (κ1) is 27.6. The Morgan fingerprint density at radius 3 is 1.73 bits per heavy atom. The molecule has 33 heavy (non-hydrogen) atoms.